The third kappa shape index (κ3) is 5.02. The van der Waals surface area contributed by atoms with Crippen molar-refractivity contribution in [1.29, 1.82) is 0 Å². The zero-order valence-electron chi connectivity index (χ0n) is 16.5. The number of benzene rings is 1. The van der Waals surface area contributed by atoms with Crippen LogP contribution >= 0.6 is 11.6 Å². The molecule has 1 amide bonds. The predicted octanol–water partition coefficient (Wildman–Crippen LogP) is 1.92. The van der Waals surface area contributed by atoms with E-state index in [1.807, 2.05) is 0 Å². The summed E-state index contributed by atoms with van der Waals surface area (Å²) < 4.78 is 35.4. The number of hydrogen-bond donors (Lipinski definition) is 0. The minimum Gasteiger partial charge on any atom is -0.489 e. The zero-order valence-corrected chi connectivity index (χ0v) is 18.0. The van der Waals surface area contributed by atoms with E-state index < -0.39 is 22.0 Å². The van der Waals surface area contributed by atoms with Crippen LogP contribution in [0.2, 0.25) is 5.02 Å². The quantitative estimate of drug-likeness (QED) is 0.644. The highest BCUT2D eigenvalue weighted by atomic mass is 35.5. The fourth-order valence-corrected chi connectivity index (χ4v) is 4.85. The third-order valence-corrected chi connectivity index (χ3v) is 6.93. The van der Waals surface area contributed by atoms with E-state index in [4.69, 9.17) is 21.1 Å². The van der Waals surface area contributed by atoms with Crippen LogP contribution in [-0.2, 0) is 19.6 Å². The first-order chi connectivity index (χ1) is 13.7. The van der Waals surface area contributed by atoms with E-state index in [9.17, 15) is 18.0 Å². The molecule has 10 heteroatoms. The van der Waals surface area contributed by atoms with Crippen LogP contribution in [0.3, 0.4) is 0 Å². The van der Waals surface area contributed by atoms with Crippen molar-refractivity contribution in [3.63, 3.8) is 0 Å². The van der Waals surface area contributed by atoms with Gasteiger partial charge in [0.15, 0.2) is 0 Å². The third-order valence-electron chi connectivity index (χ3n) is 5.33. The minimum absolute atomic E-state index is 0.144. The summed E-state index contributed by atoms with van der Waals surface area (Å²) in [5.74, 6) is -0.234. The van der Waals surface area contributed by atoms with Crippen LogP contribution in [0.5, 0.6) is 5.75 Å². The number of hydrogen-bond acceptors (Lipinski definition) is 6. The van der Waals surface area contributed by atoms with Gasteiger partial charge in [0.05, 0.1) is 18.4 Å². The van der Waals surface area contributed by atoms with Crippen LogP contribution < -0.4 is 4.74 Å². The lowest BCUT2D eigenvalue weighted by Gasteiger charge is -2.30. The first kappa shape index (κ1) is 21.9. The molecule has 8 nitrogen and oxygen atoms in total. The standard InChI is InChI=1S/C19H25ClN2O6S/c1-27-19(24)16-4-3-9-22(16)18(23)13-5-6-17(15(20)12-13)28-14-7-10-21(11-8-14)29(2,25)26/h5-6,12,14,16H,3-4,7-11H2,1-2H3. The van der Waals surface area contributed by atoms with Crippen molar-refractivity contribution >= 4 is 33.5 Å². The van der Waals surface area contributed by atoms with Crippen molar-refractivity contribution in [2.24, 2.45) is 0 Å². The van der Waals surface area contributed by atoms with E-state index in [0.29, 0.717) is 55.2 Å². The summed E-state index contributed by atoms with van der Waals surface area (Å²) >= 11 is 6.33. The number of likely N-dealkylation sites (tertiary alicyclic amines) is 1. The highest BCUT2D eigenvalue weighted by Crippen LogP contribution is 2.30. The van der Waals surface area contributed by atoms with Crippen molar-refractivity contribution in [2.45, 2.75) is 37.8 Å². The molecule has 160 valence electrons. The highest BCUT2D eigenvalue weighted by molar-refractivity contribution is 7.88. The van der Waals surface area contributed by atoms with Gasteiger partial charge in [-0.3, -0.25) is 4.79 Å². The number of nitrogens with zero attached hydrogens (tertiary/aromatic N) is 2. The SMILES string of the molecule is COC(=O)C1CCCN1C(=O)c1ccc(OC2CCN(S(C)(=O)=O)CC2)c(Cl)c1. The van der Waals surface area contributed by atoms with E-state index in [2.05, 4.69) is 0 Å². The van der Waals surface area contributed by atoms with Crippen LogP contribution in [0.25, 0.3) is 0 Å². The number of sulfonamides is 1. The van der Waals surface area contributed by atoms with Crippen molar-refractivity contribution in [1.82, 2.24) is 9.21 Å². The average molecular weight is 445 g/mol. The van der Waals surface area contributed by atoms with E-state index in [1.54, 1.807) is 12.1 Å². The molecule has 2 heterocycles. The lowest BCUT2D eigenvalue weighted by atomic mass is 10.1. The fourth-order valence-electron chi connectivity index (χ4n) is 3.75. The first-order valence-electron chi connectivity index (χ1n) is 9.51. The number of piperidine rings is 1. The summed E-state index contributed by atoms with van der Waals surface area (Å²) in [4.78, 5) is 26.2. The van der Waals surface area contributed by atoms with E-state index in [-0.39, 0.29) is 12.0 Å². The van der Waals surface area contributed by atoms with Crippen molar-refractivity contribution < 1.29 is 27.5 Å². The molecular formula is C19H25ClN2O6S. The van der Waals surface area contributed by atoms with Crippen LogP contribution in [0.4, 0.5) is 0 Å². The van der Waals surface area contributed by atoms with Gasteiger partial charge < -0.3 is 14.4 Å². The molecule has 2 aliphatic heterocycles. The molecule has 2 fully saturated rings. The number of esters is 1. The topological polar surface area (TPSA) is 93.2 Å². The maximum absolute atomic E-state index is 12.8. The van der Waals surface area contributed by atoms with E-state index in [1.165, 1.54) is 28.6 Å². The Bertz CT molecular complexity index is 883. The Morgan fingerprint density at radius 3 is 2.41 bits per heavy atom. The number of rotatable bonds is 5. The van der Waals surface area contributed by atoms with Gasteiger partial charge in [-0.15, -0.1) is 0 Å². The average Bonchev–Trinajstić information content (AvgIpc) is 3.18. The largest absolute Gasteiger partial charge is 0.489 e. The fraction of sp³-hybridized carbons (Fsp3) is 0.579. The molecule has 29 heavy (non-hydrogen) atoms. The Kier molecular flexibility index (Phi) is 6.70. The van der Waals surface area contributed by atoms with Gasteiger partial charge >= 0.3 is 5.97 Å². The molecule has 1 aromatic carbocycles. The highest BCUT2D eigenvalue weighted by Gasteiger charge is 2.35. The van der Waals surface area contributed by atoms with Crippen molar-refractivity contribution in [3.8, 4) is 5.75 Å². The van der Waals surface area contributed by atoms with Gasteiger partial charge in [0.25, 0.3) is 5.91 Å². The molecule has 0 bridgehead atoms. The summed E-state index contributed by atoms with van der Waals surface area (Å²) in [5, 5.41) is 0.301. The Labute approximate surface area is 175 Å². The van der Waals surface area contributed by atoms with Crippen LogP contribution in [0, 0.1) is 0 Å². The maximum atomic E-state index is 12.8. The van der Waals surface area contributed by atoms with Crippen LogP contribution in [0.15, 0.2) is 18.2 Å². The Balaban J connectivity index is 1.65. The van der Waals surface area contributed by atoms with Crippen molar-refractivity contribution in [3.05, 3.63) is 28.8 Å². The summed E-state index contributed by atoms with van der Waals surface area (Å²) in [6.45, 7) is 1.30. The van der Waals surface area contributed by atoms with Crippen LogP contribution in [-0.4, -0.2) is 74.6 Å². The molecule has 0 spiro atoms. The van der Waals surface area contributed by atoms with Gasteiger partial charge in [0, 0.05) is 25.2 Å². The molecule has 0 aromatic heterocycles. The minimum atomic E-state index is -3.19. The zero-order chi connectivity index (χ0) is 21.2. The number of ether oxygens (including phenoxy) is 2. The van der Waals surface area contributed by atoms with Gasteiger partial charge in [0.1, 0.15) is 17.9 Å². The second-order valence-electron chi connectivity index (χ2n) is 7.30. The molecule has 0 radical (unpaired) electrons. The molecular weight excluding hydrogens is 420 g/mol. The second-order valence-corrected chi connectivity index (χ2v) is 9.69. The molecule has 0 N–H and O–H groups in total. The van der Waals surface area contributed by atoms with E-state index >= 15 is 0 Å². The molecule has 0 saturated carbocycles. The van der Waals surface area contributed by atoms with Crippen LogP contribution in [0.1, 0.15) is 36.0 Å². The van der Waals surface area contributed by atoms with Gasteiger partial charge in [-0.2, -0.15) is 0 Å². The first-order valence-corrected chi connectivity index (χ1v) is 11.7. The molecule has 1 aromatic rings. The lowest BCUT2D eigenvalue weighted by molar-refractivity contribution is -0.145. The van der Waals surface area contributed by atoms with E-state index in [0.717, 1.165) is 6.42 Å². The molecule has 3 rings (SSSR count). The van der Waals surface area contributed by atoms with Gasteiger partial charge in [-0.05, 0) is 43.9 Å². The molecule has 0 aliphatic carbocycles. The smallest absolute Gasteiger partial charge is 0.328 e. The Morgan fingerprint density at radius 1 is 1.14 bits per heavy atom. The summed E-state index contributed by atoms with van der Waals surface area (Å²) in [5.41, 5.74) is 0.380. The molecule has 1 unspecified atom stereocenters. The summed E-state index contributed by atoms with van der Waals surface area (Å²) in [6, 6.07) is 4.24. The monoisotopic (exact) mass is 444 g/mol. The predicted molar refractivity (Wildman–Crippen MR) is 108 cm³/mol. The second kappa shape index (κ2) is 8.89. The number of methoxy groups -OCH3 is 1. The molecule has 2 aliphatic rings. The summed E-state index contributed by atoms with van der Waals surface area (Å²) in [6.07, 6.45) is 3.52. The number of amides is 1. The maximum Gasteiger partial charge on any atom is 0.328 e. The number of carbonyl (C=O) groups is 2. The Morgan fingerprint density at radius 2 is 1.83 bits per heavy atom. The molecule has 1 atom stereocenters. The Hall–Kier alpha value is -1.84. The number of carbonyl (C=O) groups excluding carboxylic acids is 2. The van der Waals surface area contributed by atoms with Crippen molar-refractivity contribution in [2.75, 3.05) is 33.0 Å². The van der Waals surface area contributed by atoms with Gasteiger partial charge in [0.2, 0.25) is 10.0 Å². The lowest BCUT2D eigenvalue weighted by Crippen LogP contribution is -2.41. The van der Waals surface area contributed by atoms with Gasteiger partial charge in [-0.25, -0.2) is 17.5 Å². The summed E-state index contributed by atoms with van der Waals surface area (Å²) in [7, 11) is -1.88. The number of halogens is 1. The van der Waals surface area contributed by atoms with Gasteiger partial charge in [-0.1, -0.05) is 11.6 Å². The normalized spacial score (nSPS) is 21.2. The molecule has 2 saturated heterocycles.